The summed E-state index contributed by atoms with van der Waals surface area (Å²) in [5.74, 6) is 0.243. The van der Waals surface area contributed by atoms with Gasteiger partial charge in [0.05, 0.1) is 10.5 Å². The second-order valence-electron chi connectivity index (χ2n) is 6.95. The van der Waals surface area contributed by atoms with Gasteiger partial charge in [0.2, 0.25) is 5.13 Å². The summed E-state index contributed by atoms with van der Waals surface area (Å²) >= 11 is 6.39. The zero-order chi connectivity index (χ0) is 24.1. The Balaban J connectivity index is 1.33. The number of nitro benzene ring substituents is 1. The number of aromatic nitrogens is 2. The standard InChI is InChI=1S/C22H17N5O5S2/c1-13-6-8-14(9-7-13)31-12-19-25-26-22(34-19)24-21(33)23-20(28)18-11-10-17(32-18)15-4-2-3-5-16(15)27(29)30/h2-11H,12H2,1H3,(H2,23,24,26,28,33). The second kappa shape index (κ2) is 10.2. The fraction of sp³-hybridized carbons (Fsp3) is 0.0909. The Kier molecular flexibility index (Phi) is 6.90. The smallest absolute Gasteiger partial charge is 0.293 e. The minimum absolute atomic E-state index is 0.00389. The second-order valence-corrected chi connectivity index (χ2v) is 8.42. The van der Waals surface area contributed by atoms with E-state index in [1.807, 2.05) is 31.2 Å². The van der Waals surface area contributed by atoms with Crippen molar-refractivity contribution in [2.45, 2.75) is 13.5 Å². The molecule has 0 aliphatic carbocycles. The maximum atomic E-state index is 12.5. The number of furan rings is 1. The van der Waals surface area contributed by atoms with Gasteiger partial charge < -0.3 is 14.5 Å². The van der Waals surface area contributed by atoms with Crippen LogP contribution in [0.4, 0.5) is 10.8 Å². The summed E-state index contributed by atoms with van der Waals surface area (Å²) in [6.45, 7) is 2.23. The van der Waals surface area contributed by atoms with Crippen molar-refractivity contribution in [3.63, 3.8) is 0 Å². The van der Waals surface area contributed by atoms with Crippen molar-refractivity contribution in [1.82, 2.24) is 15.5 Å². The summed E-state index contributed by atoms with van der Waals surface area (Å²) in [4.78, 5) is 23.2. The van der Waals surface area contributed by atoms with E-state index < -0.39 is 10.8 Å². The molecule has 0 aliphatic rings. The Labute approximate surface area is 202 Å². The molecule has 172 valence electrons. The maximum Gasteiger partial charge on any atom is 0.293 e. The fourth-order valence-corrected chi connectivity index (χ4v) is 3.79. The van der Waals surface area contributed by atoms with Gasteiger partial charge in [-0.05, 0) is 49.5 Å². The van der Waals surface area contributed by atoms with Gasteiger partial charge in [0, 0.05) is 6.07 Å². The lowest BCUT2D eigenvalue weighted by atomic mass is 10.1. The number of hydrogen-bond acceptors (Lipinski definition) is 9. The van der Waals surface area contributed by atoms with Crippen molar-refractivity contribution in [2.75, 3.05) is 5.32 Å². The third-order valence-corrected chi connectivity index (χ3v) is 5.51. The first kappa shape index (κ1) is 23.0. The maximum absolute atomic E-state index is 12.5. The number of anilines is 1. The molecule has 0 fully saturated rings. The molecular formula is C22H17N5O5S2. The lowest BCUT2D eigenvalue weighted by molar-refractivity contribution is -0.384. The average molecular weight is 496 g/mol. The van der Waals surface area contributed by atoms with Crippen molar-refractivity contribution < 1.29 is 18.9 Å². The van der Waals surface area contributed by atoms with Crippen molar-refractivity contribution in [2.24, 2.45) is 0 Å². The van der Waals surface area contributed by atoms with E-state index in [2.05, 4.69) is 20.8 Å². The molecule has 4 aromatic rings. The lowest BCUT2D eigenvalue weighted by Gasteiger charge is -2.05. The molecule has 0 radical (unpaired) electrons. The Hall–Kier alpha value is -4.16. The highest BCUT2D eigenvalue weighted by Gasteiger charge is 2.20. The van der Waals surface area contributed by atoms with Gasteiger partial charge in [0.15, 0.2) is 15.9 Å². The van der Waals surface area contributed by atoms with Crippen LogP contribution in [-0.2, 0) is 6.61 Å². The minimum Gasteiger partial charge on any atom is -0.486 e. The highest BCUT2D eigenvalue weighted by atomic mass is 32.1. The molecule has 0 saturated carbocycles. The summed E-state index contributed by atoms with van der Waals surface area (Å²) in [7, 11) is 0. The van der Waals surface area contributed by atoms with Gasteiger partial charge in [-0.1, -0.05) is 41.2 Å². The van der Waals surface area contributed by atoms with Crippen LogP contribution in [0.5, 0.6) is 5.75 Å². The first-order valence-corrected chi connectivity index (χ1v) is 11.1. The highest BCUT2D eigenvalue weighted by Crippen LogP contribution is 2.30. The summed E-state index contributed by atoms with van der Waals surface area (Å²) in [5.41, 5.74) is 1.28. The van der Waals surface area contributed by atoms with Crippen LogP contribution in [0.1, 0.15) is 21.1 Å². The Bertz CT molecular complexity index is 1350. The summed E-state index contributed by atoms with van der Waals surface area (Å²) in [6, 6.07) is 16.6. The first-order chi connectivity index (χ1) is 16.4. The number of benzene rings is 2. The van der Waals surface area contributed by atoms with Gasteiger partial charge in [0.1, 0.15) is 18.1 Å². The van der Waals surface area contributed by atoms with Gasteiger partial charge in [-0.15, -0.1) is 10.2 Å². The zero-order valence-corrected chi connectivity index (χ0v) is 19.3. The first-order valence-electron chi connectivity index (χ1n) is 9.87. The van der Waals surface area contributed by atoms with E-state index in [0.29, 0.717) is 10.1 Å². The van der Waals surface area contributed by atoms with Crippen LogP contribution >= 0.6 is 23.6 Å². The SMILES string of the molecule is Cc1ccc(OCc2nnc(NC(=S)NC(=O)c3ccc(-c4ccccc4[N+](=O)[O-])o3)s2)cc1. The van der Waals surface area contributed by atoms with E-state index >= 15 is 0 Å². The molecule has 2 aromatic carbocycles. The molecule has 1 amide bonds. The predicted octanol–water partition coefficient (Wildman–Crippen LogP) is 4.72. The van der Waals surface area contributed by atoms with Crippen molar-refractivity contribution >= 4 is 45.4 Å². The molecule has 0 saturated heterocycles. The van der Waals surface area contributed by atoms with Crippen LogP contribution in [0.25, 0.3) is 11.3 Å². The molecule has 4 rings (SSSR count). The fourth-order valence-electron chi connectivity index (χ4n) is 2.88. The number of carbonyl (C=O) groups is 1. The topological polar surface area (TPSA) is 132 Å². The van der Waals surface area contributed by atoms with Crippen LogP contribution in [0.2, 0.25) is 0 Å². The molecule has 0 atom stereocenters. The van der Waals surface area contributed by atoms with Gasteiger partial charge in [0.25, 0.3) is 11.6 Å². The van der Waals surface area contributed by atoms with Crippen LogP contribution in [0.15, 0.2) is 65.1 Å². The molecule has 2 aromatic heterocycles. The lowest BCUT2D eigenvalue weighted by Crippen LogP contribution is -2.33. The molecule has 12 heteroatoms. The van der Waals surface area contributed by atoms with E-state index in [-0.39, 0.29) is 34.5 Å². The number of nitro groups is 1. The molecule has 2 heterocycles. The van der Waals surface area contributed by atoms with E-state index in [0.717, 1.165) is 11.3 Å². The molecule has 2 N–H and O–H groups in total. The third-order valence-electron chi connectivity index (χ3n) is 4.49. The number of rotatable bonds is 7. The zero-order valence-electron chi connectivity index (χ0n) is 17.7. The Morgan fingerprint density at radius 1 is 1.15 bits per heavy atom. The molecule has 0 spiro atoms. The Morgan fingerprint density at radius 3 is 2.68 bits per heavy atom. The number of aryl methyl sites for hydroxylation is 1. The largest absolute Gasteiger partial charge is 0.486 e. The van der Waals surface area contributed by atoms with Gasteiger partial charge in [-0.25, -0.2) is 0 Å². The summed E-state index contributed by atoms with van der Waals surface area (Å²) in [5, 5.41) is 25.5. The van der Waals surface area contributed by atoms with E-state index in [4.69, 9.17) is 21.4 Å². The van der Waals surface area contributed by atoms with Gasteiger partial charge in [-0.3, -0.25) is 20.2 Å². The number of nitrogens with one attached hydrogen (secondary N) is 2. The Morgan fingerprint density at radius 2 is 1.91 bits per heavy atom. The molecule has 34 heavy (non-hydrogen) atoms. The molecule has 0 aliphatic heterocycles. The number of thiocarbonyl (C=S) groups is 1. The van der Waals surface area contributed by atoms with E-state index in [1.165, 1.54) is 29.5 Å². The van der Waals surface area contributed by atoms with Crippen LogP contribution in [0.3, 0.4) is 0 Å². The number of hydrogen-bond donors (Lipinski definition) is 2. The number of nitrogens with zero attached hydrogens (tertiary/aromatic N) is 3. The van der Waals surface area contributed by atoms with Gasteiger partial charge >= 0.3 is 0 Å². The monoisotopic (exact) mass is 495 g/mol. The molecule has 10 nitrogen and oxygen atoms in total. The van der Waals surface area contributed by atoms with E-state index in [1.54, 1.807) is 18.2 Å². The van der Waals surface area contributed by atoms with Crippen LogP contribution < -0.4 is 15.4 Å². The predicted molar refractivity (Wildman–Crippen MR) is 130 cm³/mol. The quantitative estimate of drug-likeness (QED) is 0.212. The number of ether oxygens (including phenoxy) is 1. The van der Waals surface area contributed by atoms with Gasteiger partial charge in [-0.2, -0.15) is 0 Å². The molecule has 0 unspecified atom stereocenters. The van der Waals surface area contributed by atoms with Crippen molar-refractivity contribution in [3.8, 4) is 17.1 Å². The van der Waals surface area contributed by atoms with Crippen molar-refractivity contribution in [3.05, 3.63) is 87.1 Å². The number of amides is 1. The van der Waals surface area contributed by atoms with Crippen LogP contribution in [0, 0.1) is 17.0 Å². The summed E-state index contributed by atoms with van der Waals surface area (Å²) in [6.07, 6.45) is 0. The number of carbonyl (C=O) groups excluding carboxylic acids is 1. The minimum atomic E-state index is -0.616. The van der Waals surface area contributed by atoms with Crippen molar-refractivity contribution in [1.29, 1.82) is 0 Å². The number of para-hydroxylation sites is 1. The van der Waals surface area contributed by atoms with E-state index in [9.17, 15) is 14.9 Å². The highest BCUT2D eigenvalue weighted by molar-refractivity contribution is 7.80. The van der Waals surface area contributed by atoms with Crippen LogP contribution in [-0.4, -0.2) is 26.1 Å². The molecule has 0 bridgehead atoms. The summed E-state index contributed by atoms with van der Waals surface area (Å²) < 4.78 is 11.2. The normalized spacial score (nSPS) is 10.5. The third kappa shape index (κ3) is 5.60. The average Bonchev–Trinajstić information content (AvgIpc) is 3.48. The molecular weight excluding hydrogens is 478 g/mol.